The molecule has 2 heterocycles. The van der Waals surface area contributed by atoms with Crippen molar-refractivity contribution in [2.24, 2.45) is 0 Å². The highest BCUT2D eigenvalue weighted by Crippen LogP contribution is 2.39. The molecule has 1 aromatic heterocycles. The van der Waals surface area contributed by atoms with Crippen LogP contribution in [0.1, 0.15) is 36.8 Å². The average Bonchev–Trinajstić information content (AvgIpc) is 2.92. The first kappa shape index (κ1) is 12.3. The second kappa shape index (κ2) is 4.42. The molecule has 3 nitrogen and oxygen atoms in total. The molecular formula is C16H19NO2. The topological polar surface area (TPSA) is 34.4 Å². The van der Waals surface area contributed by atoms with Gasteiger partial charge < -0.3 is 14.5 Å². The van der Waals surface area contributed by atoms with Crippen molar-refractivity contribution in [2.75, 3.05) is 13.7 Å². The summed E-state index contributed by atoms with van der Waals surface area (Å²) in [6.45, 7) is 5.41. The van der Waals surface area contributed by atoms with Crippen LogP contribution in [-0.2, 0) is 5.41 Å². The van der Waals surface area contributed by atoms with Gasteiger partial charge in [0.1, 0.15) is 11.5 Å². The van der Waals surface area contributed by atoms with Crippen molar-refractivity contribution < 1.29 is 9.15 Å². The number of ether oxygens (including phenoxy) is 1. The number of hydrogen-bond donors (Lipinski definition) is 1. The van der Waals surface area contributed by atoms with Crippen LogP contribution in [0.5, 0.6) is 5.75 Å². The summed E-state index contributed by atoms with van der Waals surface area (Å²) in [7, 11) is 1.71. The molecule has 1 aliphatic heterocycles. The fourth-order valence-corrected chi connectivity index (χ4v) is 2.77. The van der Waals surface area contributed by atoms with E-state index < -0.39 is 0 Å². The molecule has 1 aliphatic rings. The fraction of sp³-hybridized carbons (Fsp3) is 0.375. The lowest BCUT2D eigenvalue weighted by Gasteiger charge is -2.37. The molecule has 3 rings (SSSR count). The SMILES string of the molecule is COc1ccc2c(c1)C(C)(C)CNC2c1ccco1. The Labute approximate surface area is 113 Å². The van der Waals surface area contributed by atoms with Crippen molar-refractivity contribution in [1.82, 2.24) is 5.32 Å². The van der Waals surface area contributed by atoms with Crippen LogP contribution >= 0.6 is 0 Å². The maximum atomic E-state index is 5.56. The number of furan rings is 1. The minimum atomic E-state index is 0.0902. The Balaban J connectivity index is 2.12. The van der Waals surface area contributed by atoms with Gasteiger partial charge in [0.05, 0.1) is 19.4 Å². The smallest absolute Gasteiger partial charge is 0.125 e. The minimum Gasteiger partial charge on any atom is -0.497 e. The number of methoxy groups -OCH3 is 1. The minimum absolute atomic E-state index is 0.0902. The summed E-state index contributed by atoms with van der Waals surface area (Å²) in [6.07, 6.45) is 1.72. The third kappa shape index (κ3) is 2.04. The van der Waals surface area contributed by atoms with E-state index in [1.807, 2.05) is 18.2 Å². The zero-order valence-corrected chi connectivity index (χ0v) is 11.6. The molecule has 0 radical (unpaired) electrons. The molecule has 1 N–H and O–H groups in total. The van der Waals surface area contributed by atoms with E-state index in [1.54, 1.807) is 13.4 Å². The van der Waals surface area contributed by atoms with E-state index in [1.165, 1.54) is 11.1 Å². The number of benzene rings is 1. The van der Waals surface area contributed by atoms with Crippen molar-refractivity contribution in [2.45, 2.75) is 25.3 Å². The first-order valence-electron chi connectivity index (χ1n) is 6.57. The molecule has 0 saturated heterocycles. The zero-order chi connectivity index (χ0) is 13.5. The molecule has 1 atom stereocenters. The zero-order valence-electron chi connectivity index (χ0n) is 11.6. The van der Waals surface area contributed by atoms with E-state index in [0.717, 1.165) is 18.1 Å². The van der Waals surface area contributed by atoms with Crippen LogP contribution in [0.4, 0.5) is 0 Å². The second-order valence-corrected chi connectivity index (χ2v) is 5.67. The Bertz CT molecular complexity index is 572. The standard InChI is InChI=1S/C16H19NO2/c1-16(2)10-17-15(14-5-4-8-19-14)12-7-6-11(18-3)9-13(12)16/h4-9,15,17H,10H2,1-3H3. The lowest BCUT2D eigenvalue weighted by molar-refractivity contribution is 0.363. The van der Waals surface area contributed by atoms with Crippen molar-refractivity contribution >= 4 is 0 Å². The van der Waals surface area contributed by atoms with Gasteiger partial charge in [0.2, 0.25) is 0 Å². The van der Waals surface area contributed by atoms with Crippen LogP contribution < -0.4 is 10.1 Å². The number of rotatable bonds is 2. The third-order valence-electron chi connectivity index (χ3n) is 3.88. The highest BCUT2D eigenvalue weighted by atomic mass is 16.5. The van der Waals surface area contributed by atoms with Gasteiger partial charge in [-0.25, -0.2) is 0 Å². The summed E-state index contributed by atoms with van der Waals surface area (Å²) in [5, 5.41) is 3.57. The molecule has 100 valence electrons. The van der Waals surface area contributed by atoms with Crippen molar-refractivity contribution in [3.63, 3.8) is 0 Å². The van der Waals surface area contributed by atoms with Crippen molar-refractivity contribution in [3.05, 3.63) is 53.5 Å². The summed E-state index contributed by atoms with van der Waals surface area (Å²) < 4.78 is 10.9. The molecule has 1 aromatic carbocycles. The van der Waals surface area contributed by atoms with Crippen LogP contribution in [0.25, 0.3) is 0 Å². The molecule has 0 saturated carbocycles. The van der Waals surface area contributed by atoms with Crippen molar-refractivity contribution in [3.8, 4) is 5.75 Å². The van der Waals surface area contributed by atoms with Crippen LogP contribution in [0.2, 0.25) is 0 Å². The first-order chi connectivity index (χ1) is 9.12. The average molecular weight is 257 g/mol. The van der Waals surface area contributed by atoms with Gasteiger partial charge in [-0.15, -0.1) is 0 Å². The van der Waals surface area contributed by atoms with Crippen LogP contribution in [-0.4, -0.2) is 13.7 Å². The van der Waals surface area contributed by atoms with Gasteiger partial charge in [-0.1, -0.05) is 19.9 Å². The van der Waals surface area contributed by atoms with E-state index in [-0.39, 0.29) is 11.5 Å². The number of hydrogen-bond acceptors (Lipinski definition) is 3. The Morgan fingerprint density at radius 2 is 2.16 bits per heavy atom. The molecule has 3 heteroatoms. The number of fused-ring (bicyclic) bond motifs is 1. The van der Waals surface area contributed by atoms with Gasteiger partial charge in [-0.2, -0.15) is 0 Å². The summed E-state index contributed by atoms with van der Waals surface area (Å²) >= 11 is 0. The summed E-state index contributed by atoms with van der Waals surface area (Å²) in [6, 6.07) is 10.4. The Morgan fingerprint density at radius 3 is 2.84 bits per heavy atom. The fourth-order valence-electron chi connectivity index (χ4n) is 2.77. The highest BCUT2D eigenvalue weighted by molar-refractivity contribution is 5.46. The largest absolute Gasteiger partial charge is 0.497 e. The molecule has 0 amide bonds. The Morgan fingerprint density at radius 1 is 1.32 bits per heavy atom. The molecule has 2 aromatic rings. The summed E-state index contributed by atoms with van der Waals surface area (Å²) in [4.78, 5) is 0. The van der Waals surface area contributed by atoms with Crippen LogP contribution in [0.15, 0.2) is 41.0 Å². The van der Waals surface area contributed by atoms with E-state index in [4.69, 9.17) is 9.15 Å². The molecular weight excluding hydrogens is 238 g/mol. The summed E-state index contributed by atoms with van der Waals surface area (Å²) in [5.41, 5.74) is 2.69. The van der Waals surface area contributed by atoms with Crippen molar-refractivity contribution in [1.29, 1.82) is 0 Å². The maximum Gasteiger partial charge on any atom is 0.125 e. The molecule has 0 bridgehead atoms. The molecule has 19 heavy (non-hydrogen) atoms. The van der Waals surface area contributed by atoms with Gasteiger partial charge in [0.25, 0.3) is 0 Å². The quantitative estimate of drug-likeness (QED) is 0.896. The predicted octanol–water partition coefficient (Wildman–Crippen LogP) is 3.26. The Kier molecular flexibility index (Phi) is 2.86. The molecule has 0 spiro atoms. The number of nitrogens with one attached hydrogen (secondary N) is 1. The summed E-state index contributed by atoms with van der Waals surface area (Å²) in [5.74, 6) is 1.87. The van der Waals surface area contributed by atoms with Gasteiger partial charge in [-0.05, 0) is 35.4 Å². The normalized spacial score (nSPS) is 20.9. The van der Waals surface area contributed by atoms with E-state index in [9.17, 15) is 0 Å². The van der Waals surface area contributed by atoms with E-state index in [0.29, 0.717) is 0 Å². The Hall–Kier alpha value is -1.74. The van der Waals surface area contributed by atoms with E-state index >= 15 is 0 Å². The maximum absolute atomic E-state index is 5.56. The molecule has 0 fully saturated rings. The molecule has 0 aliphatic carbocycles. The van der Waals surface area contributed by atoms with Gasteiger partial charge in [0, 0.05) is 12.0 Å². The highest BCUT2D eigenvalue weighted by Gasteiger charge is 2.34. The predicted molar refractivity (Wildman–Crippen MR) is 74.6 cm³/mol. The van der Waals surface area contributed by atoms with Crippen LogP contribution in [0.3, 0.4) is 0 Å². The molecule has 1 unspecified atom stereocenters. The van der Waals surface area contributed by atoms with Gasteiger partial charge in [0.15, 0.2) is 0 Å². The monoisotopic (exact) mass is 257 g/mol. The third-order valence-corrected chi connectivity index (χ3v) is 3.88. The second-order valence-electron chi connectivity index (χ2n) is 5.67. The lowest BCUT2D eigenvalue weighted by Crippen LogP contribution is -2.42. The first-order valence-corrected chi connectivity index (χ1v) is 6.57. The van der Waals surface area contributed by atoms with Crippen LogP contribution in [0, 0.1) is 0 Å². The lowest BCUT2D eigenvalue weighted by atomic mass is 9.76. The van der Waals surface area contributed by atoms with E-state index in [2.05, 4.69) is 31.3 Å². The van der Waals surface area contributed by atoms with Gasteiger partial charge in [-0.3, -0.25) is 0 Å². The van der Waals surface area contributed by atoms with Gasteiger partial charge >= 0.3 is 0 Å².